The van der Waals surface area contributed by atoms with Crippen molar-refractivity contribution in [1.29, 1.82) is 0 Å². The van der Waals surface area contributed by atoms with Crippen LogP contribution in [-0.2, 0) is 0 Å². The summed E-state index contributed by atoms with van der Waals surface area (Å²) in [5, 5.41) is 5.38. The topological polar surface area (TPSA) is 75.9 Å². The molecule has 0 spiro atoms. The van der Waals surface area contributed by atoms with Gasteiger partial charge in [-0.2, -0.15) is 9.97 Å². The largest absolute Gasteiger partial charge is 0.370 e. The Morgan fingerprint density at radius 3 is 2.47 bits per heavy atom. The molecule has 1 aromatic heterocycles. The molecule has 0 amide bonds. The maximum absolute atomic E-state index is 11.9. The summed E-state index contributed by atoms with van der Waals surface area (Å²) in [5.74, 6) is 0.853. The number of anilines is 3. The Morgan fingerprint density at radius 1 is 1.33 bits per heavy atom. The van der Waals surface area contributed by atoms with E-state index in [1.807, 2.05) is 6.92 Å². The lowest BCUT2D eigenvalue weighted by atomic mass is 10.5. The van der Waals surface area contributed by atoms with Gasteiger partial charge in [-0.1, -0.05) is 0 Å². The van der Waals surface area contributed by atoms with Crippen LogP contribution in [0, 0.1) is 0 Å². The van der Waals surface area contributed by atoms with Gasteiger partial charge in [0.05, 0.1) is 6.54 Å². The maximum Gasteiger partial charge on any atom is 0.255 e. The molecule has 7 heteroatoms. The van der Waals surface area contributed by atoms with Crippen molar-refractivity contribution >= 4 is 17.6 Å². The van der Waals surface area contributed by atoms with E-state index >= 15 is 0 Å². The number of nitrogens with two attached hydrogens (primary N) is 1. The molecule has 0 bridgehead atoms. The van der Waals surface area contributed by atoms with Crippen LogP contribution in [0.4, 0.5) is 26.4 Å². The number of nitrogen functional groups attached to an aromatic ring is 1. The first-order valence-corrected chi connectivity index (χ1v) is 4.52. The number of rotatable bonds is 5. The number of nitrogens with one attached hydrogen (secondary N) is 2. The summed E-state index contributed by atoms with van der Waals surface area (Å²) in [6, 6.07) is 1.53. The Kier molecular flexibility index (Phi) is 4.02. The standard InChI is InChI=1S/C8H13F2N5/c1-2-12-6-3-7(13-4-5(9)10)15-8(11)14-6/h3,5H,2,4H2,1H3,(H4,11,12,13,14,15). The Hall–Kier alpha value is -1.66. The van der Waals surface area contributed by atoms with Crippen LogP contribution >= 0.6 is 0 Å². The summed E-state index contributed by atoms with van der Waals surface area (Å²) in [6.45, 7) is 2.11. The van der Waals surface area contributed by atoms with Crippen LogP contribution in [-0.4, -0.2) is 29.5 Å². The minimum atomic E-state index is -2.43. The van der Waals surface area contributed by atoms with Gasteiger partial charge in [-0.3, -0.25) is 0 Å². The second-order valence-electron chi connectivity index (χ2n) is 2.80. The highest BCUT2D eigenvalue weighted by Gasteiger charge is 2.05. The van der Waals surface area contributed by atoms with E-state index in [2.05, 4.69) is 20.6 Å². The summed E-state index contributed by atoms with van der Waals surface area (Å²) in [5.41, 5.74) is 5.41. The molecule has 0 aromatic carbocycles. The highest BCUT2D eigenvalue weighted by atomic mass is 19.3. The zero-order chi connectivity index (χ0) is 11.3. The van der Waals surface area contributed by atoms with E-state index in [4.69, 9.17) is 5.73 Å². The lowest BCUT2D eigenvalue weighted by molar-refractivity contribution is 0.163. The molecule has 1 aromatic rings. The van der Waals surface area contributed by atoms with E-state index in [0.29, 0.717) is 18.2 Å². The lowest BCUT2D eigenvalue weighted by Gasteiger charge is -2.08. The van der Waals surface area contributed by atoms with Crippen LogP contribution in [0.3, 0.4) is 0 Å². The zero-order valence-electron chi connectivity index (χ0n) is 8.30. The molecule has 5 nitrogen and oxygen atoms in total. The van der Waals surface area contributed by atoms with Crippen molar-refractivity contribution in [3.8, 4) is 0 Å². The first-order chi connectivity index (χ1) is 7.11. The highest BCUT2D eigenvalue weighted by molar-refractivity contribution is 5.50. The van der Waals surface area contributed by atoms with E-state index in [0.717, 1.165) is 0 Å². The number of hydrogen-bond acceptors (Lipinski definition) is 5. The maximum atomic E-state index is 11.9. The summed E-state index contributed by atoms with van der Waals surface area (Å²) >= 11 is 0. The molecule has 0 aliphatic carbocycles. The van der Waals surface area contributed by atoms with Gasteiger partial charge in [-0.05, 0) is 6.92 Å². The summed E-state index contributed by atoms with van der Waals surface area (Å²) in [4.78, 5) is 7.65. The van der Waals surface area contributed by atoms with Crippen molar-refractivity contribution in [2.24, 2.45) is 0 Å². The predicted octanol–water partition coefficient (Wildman–Crippen LogP) is 1.17. The molecule has 0 fully saturated rings. The van der Waals surface area contributed by atoms with Gasteiger partial charge in [0.2, 0.25) is 5.95 Å². The van der Waals surface area contributed by atoms with Gasteiger partial charge >= 0.3 is 0 Å². The molecule has 0 saturated heterocycles. The van der Waals surface area contributed by atoms with Crippen molar-refractivity contribution in [2.45, 2.75) is 13.3 Å². The number of hydrogen-bond donors (Lipinski definition) is 3. The van der Waals surface area contributed by atoms with Crippen LogP contribution in [0.1, 0.15) is 6.92 Å². The third-order valence-electron chi connectivity index (χ3n) is 1.54. The van der Waals surface area contributed by atoms with Gasteiger partial charge in [0, 0.05) is 12.6 Å². The predicted molar refractivity (Wildman–Crippen MR) is 55.1 cm³/mol. The van der Waals surface area contributed by atoms with E-state index in [1.165, 1.54) is 6.07 Å². The van der Waals surface area contributed by atoms with Crippen LogP contribution in [0.25, 0.3) is 0 Å². The average molecular weight is 217 g/mol. The van der Waals surface area contributed by atoms with E-state index in [1.54, 1.807) is 0 Å². The highest BCUT2D eigenvalue weighted by Crippen LogP contribution is 2.12. The second kappa shape index (κ2) is 5.28. The fraction of sp³-hybridized carbons (Fsp3) is 0.500. The van der Waals surface area contributed by atoms with E-state index in [9.17, 15) is 8.78 Å². The SMILES string of the molecule is CCNc1cc(NCC(F)F)nc(N)n1. The molecule has 0 radical (unpaired) electrons. The summed E-state index contributed by atoms with van der Waals surface area (Å²) in [7, 11) is 0. The first kappa shape index (κ1) is 11.4. The van der Waals surface area contributed by atoms with Gasteiger partial charge in [-0.25, -0.2) is 8.78 Å². The monoisotopic (exact) mass is 217 g/mol. The Labute approximate surface area is 86.1 Å². The number of nitrogens with zero attached hydrogens (tertiary/aromatic N) is 2. The summed E-state index contributed by atoms with van der Waals surface area (Å²) in [6.07, 6.45) is -2.43. The third kappa shape index (κ3) is 3.92. The third-order valence-corrected chi connectivity index (χ3v) is 1.54. The minimum Gasteiger partial charge on any atom is -0.370 e. The molecule has 0 aliphatic rings. The Balaban J connectivity index is 2.70. The Morgan fingerprint density at radius 2 is 1.93 bits per heavy atom. The van der Waals surface area contributed by atoms with Gasteiger partial charge < -0.3 is 16.4 Å². The average Bonchev–Trinajstić information content (AvgIpc) is 2.14. The van der Waals surface area contributed by atoms with Crippen molar-refractivity contribution in [3.05, 3.63) is 6.07 Å². The molecule has 84 valence electrons. The van der Waals surface area contributed by atoms with Crippen LogP contribution < -0.4 is 16.4 Å². The van der Waals surface area contributed by atoms with Crippen LogP contribution in [0.5, 0.6) is 0 Å². The first-order valence-electron chi connectivity index (χ1n) is 4.52. The smallest absolute Gasteiger partial charge is 0.255 e. The van der Waals surface area contributed by atoms with Gasteiger partial charge in [-0.15, -0.1) is 0 Å². The molecule has 1 heterocycles. The van der Waals surface area contributed by atoms with E-state index in [-0.39, 0.29) is 5.95 Å². The van der Waals surface area contributed by atoms with Gasteiger partial charge in [0.15, 0.2) is 0 Å². The van der Waals surface area contributed by atoms with Crippen molar-refractivity contribution < 1.29 is 8.78 Å². The zero-order valence-corrected chi connectivity index (χ0v) is 8.30. The molecular formula is C8H13F2N5. The molecule has 0 saturated carbocycles. The molecular weight excluding hydrogens is 204 g/mol. The van der Waals surface area contributed by atoms with Crippen molar-refractivity contribution in [3.63, 3.8) is 0 Å². The summed E-state index contributed by atoms with van der Waals surface area (Å²) < 4.78 is 23.8. The fourth-order valence-electron chi connectivity index (χ4n) is 1.01. The number of alkyl halides is 2. The number of halogens is 2. The number of aromatic nitrogens is 2. The molecule has 0 atom stereocenters. The van der Waals surface area contributed by atoms with Gasteiger partial charge in [0.25, 0.3) is 6.43 Å². The minimum absolute atomic E-state index is 0.0465. The van der Waals surface area contributed by atoms with Crippen molar-refractivity contribution in [1.82, 2.24) is 9.97 Å². The molecule has 0 aliphatic heterocycles. The fourth-order valence-corrected chi connectivity index (χ4v) is 1.01. The molecule has 0 unspecified atom stereocenters. The van der Waals surface area contributed by atoms with Crippen molar-refractivity contribution in [2.75, 3.05) is 29.5 Å². The molecule has 15 heavy (non-hydrogen) atoms. The lowest BCUT2D eigenvalue weighted by Crippen LogP contribution is -2.13. The molecule has 1 rings (SSSR count). The normalized spacial score (nSPS) is 10.4. The quantitative estimate of drug-likeness (QED) is 0.690. The second-order valence-corrected chi connectivity index (χ2v) is 2.80. The van der Waals surface area contributed by atoms with E-state index < -0.39 is 13.0 Å². The van der Waals surface area contributed by atoms with Gasteiger partial charge in [0.1, 0.15) is 11.6 Å². The Bertz CT molecular complexity index is 318. The van der Waals surface area contributed by atoms with Crippen LogP contribution in [0.2, 0.25) is 0 Å². The van der Waals surface area contributed by atoms with Crippen LogP contribution in [0.15, 0.2) is 6.07 Å². The molecule has 4 N–H and O–H groups in total.